The molecule has 0 amide bonds. The molecule has 1 saturated heterocycles. The second-order valence-corrected chi connectivity index (χ2v) is 9.90. The lowest BCUT2D eigenvalue weighted by atomic mass is 10.1. The van der Waals surface area contributed by atoms with E-state index < -0.39 is 0 Å². The molecule has 0 spiro atoms. The molecule has 0 radical (unpaired) electrons. The van der Waals surface area contributed by atoms with Crippen molar-refractivity contribution in [3.8, 4) is 28.6 Å². The van der Waals surface area contributed by atoms with E-state index in [9.17, 15) is 4.79 Å². The molecule has 0 bridgehead atoms. The average Bonchev–Trinajstić information content (AvgIpc) is 3.03. The van der Waals surface area contributed by atoms with Crippen LogP contribution in [0.5, 0.6) is 17.2 Å². The van der Waals surface area contributed by atoms with Crippen LogP contribution in [0, 0.1) is 0 Å². The minimum atomic E-state index is -0.193. The van der Waals surface area contributed by atoms with Gasteiger partial charge in [0.05, 0.1) is 43.4 Å². The van der Waals surface area contributed by atoms with Crippen LogP contribution in [0.25, 0.3) is 33.3 Å². The van der Waals surface area contributed by atoms with E-state index in [4.69, 9.17) is 23.6 Å². The number of methoxy groups -OCH3 is 2. The van der Waals surface area contributed by atoms with Crippen LogP contribution < -0.4 is 24.5 Å². The fourth-order valence-electron chi connectivity index (χ4n) is 5.19. The lowest BCUT2D eigenvalue weighted by molar-refractivity contribution is 0.223. The van der Waals surface area contributed by atoms with Crippen molar-refractivity contribution in [1.29, 1.82) is 0 Å². The third-order valence-electron chi connectivity index (χ3n) is 7.40. The normalized spacial score (nSPS) is 14.0. The van der Waals surface area contributed by atoms with Crippen LogP contribution in [0.3, 0.4) is 0 Å². The van der Waals surface area contributed by atoms with Gasteiger partial charge in [-0.1, -0.05) is 24.3 Å². The maximum Gasteiger partial charge on any atom is 0.235 e. The fraction of sp³-hybridized carbons (Fsp3) is 0.281. The van der Waals surface area contributed by atoms with Gasteiger partial charge in [-0.15, -0.1) is 0 Å². The number of hydrogen-bond acceptors (Lipinski definition) is 9. The number of rotatable bonds is 9. The van der Waals surface area contributed by atoms with Crippen LogP contribution in [0.15, 0.2) is 82.1 Å². The number of hydrogen-bond donors (Lipinski definition) is 0. The molecule has 0 aliphatic carbocycles. The van der Waals surface area contributed by atoms with Gasteiger partial charge < -0.3 is 23.5 Å². The van der Waals surface area contributed by atoms with Gasteiger partial charge in [-0.25, -0.2) is 4.98 Å². The summed E-state index contributed by atoms with van der Waals surface area (Å²) in [5.74, 6) is 2.63. The van der Waals surface area contributed by atoms with E-state index in [1.54, 1.807) is 38.5 Å². The SMILES string of the molecule is COc1ccc(-c2oc3ccccc3c(=O)c2OCCCN2CCN(c3cnc4ccccc4n3)CC2)cc1OC. The lowest BCUT2D eigenvalue weighted by Gasteiger charge is -2.35. The first-order chi connectivity index (χ1) is 20.1. The third kappa shape index (κ3) is 5.53. The lowest BCUT2D eigenvalue weighted by Crippen LogP contribution is -2.47. The Kier molecular flexibility index (Phi) is 7.69. The van der Waals surface area contributed by atoms with Gasteiger partial charge >= 0.3 is 0 Å². The van der Waals surface area contributed by atoms with E-state index in [2.05, 4.69) is 14.8 Å². The van der Waals surface area contributed by atoms with Crippen molar-refractivity contribution in [3.63, 3.8) is 0 Å². The molecule has 0 saturated carbocycles. The van der Waals surface area contributed by atoms with Gasteiger partial charge in [0, 0.05) is 38.3 Å². The minimum absolute atomic E-state index is 0.193. The number of aromatic nitrogens is 2. The first kappa shape index (κ1) is 26.6. The van der Waals surface area contributed by atoms with E-state index in [0.29, 0.717) is 40.4 Å². The standard InChI is InChI=1S/C32H32N4O5/c1-38-27-13-12-22(20-28(27)39-2)31-32(30(37)23-8-3-6-11-26(23)41-31)40-19-7-14-35-15-17-36(18-16-35)29-21-33-24-9-4-5-10-25(24)34-29/h3-6,8-13,20-21H,7,14-19H2,1-2H3. The van der Waals surface area contributed by atoms with E-state index >= 15 is 0 Å². The molecule has 3 heterocycles. The highest BCUT2D eigenvalue weighted by atomic mass is 16.5. The van der Waals surface area contributed by atoms with Gasteiger partial charge in [-0.3, -0.25) is 14.7 Å². The molecule has 1 aliphatic rings. The van der Waals surface area contributed by atoms with E-state index in [-0.39, 0.29) is 11.2 Å². The zero-order valence-electron chi connectivity index (χ0n) is 23.2. The van der Waals surface area contributed by atoms with Gasteiger partial charge in [0.1, 0.15) is 11.4 Å². The molecule has 5 aromatic rings. The Hall–Kier alpha value is -4.63. The van der Waals surface area contributed by atoms with Crippen LogP contribution in [0.4, 0.5) is 5.82 Å². The number of ether oxygens (including phenoxy) is 3. The monoisotopic (exact) mass is 552 g/mol. The summed E-state index contributed by atoms with van der Waals surface area (Å²) in [6, 6.07) is 20.6. The first-order valence-corrected chi connectivity index (χ1v) is 13.7. The number of para-hydroxylation sites is 3. The van der Waals surface area contributed by atoms with Gasteiger partial charge in [0.25, 0.3) is 0 Å². The van der Waals surface area contributed by atoms with E-state index in [0.717, 1.165) is 56.0 Å². The van der Waals surface area contributed by atoms with Gasteiger partial charge in [-0.05, 0) is 48.9 Å². The van der Waals surface area contributed by atoms with Gasteiger partial charge in [0.2, 0.25) is 11.2 Å². The molecule has 9 heteroatoms. The molecule has 2 aromatic heterocycles. The summed E-state index contributed by atoms with van der Waals surface area (Å²) < 4.78 is 23.2. The molecule has 9 nitrogen and oxygen atoms in total. The van der Waals surface area contributed by atoms with E-state index in [1.165, 1.54) is 0 Å². The second-order valence-electron chi connectivity index (χ2n) is 9.90. The number of fused-ring (bicyclic) bond motifs is 2. The van der Waals surface area contributed by atoms with Crippen molar-refractivity contribution >= 4 is 27.8 Å². The Morgan fingerprint density at radius 3 is 2.44 bits per heavy atom. The summed E-state index contributed by atoms with van der Waals surface area (Å²) in [5.41, 5.74) is 2.80. The number of nitrogens with zero attached hydrogens (tertiary/aromatic N) is 4. The maximum absolute atomic E-state index is 13.5. The fourth-order valence-corrected chi connectivity index (χ4v) is 5.19. The summed E-state index contributed by atoms with van der Waals surface area (Å²) in [6.07, 6.45) is 2.63. The van der Waals surface area contributed by atoms with Crippen molar-refractivity contribution in [1.82, 2.24) is 14.9 Å². The third-order valence-corrected chi connectivity index (χ3v) is 7.40. The largest absolute Gasteiger partial charge is 0.493 e. The van der Waals surface area contributed by atoms with Crippen LogP contribution >= 0.6 is 0 Å². The zero-order chi connectivity index (χ0) is 28.2. The van der Waals surface area contributed by atoms with Gasteiger partial charge in [0.15, 0.2) is 17.3 Å². The highest BCUT2D eigenvalue weighted by molar-refractivity contribution is 5.82. The molecular formula is C32H32N4O5. The number of piperazine rings is 1. The van der Waals surface area contributed by atoms with Gasteiger partial charge in [-0.2, -0.15) is 0 Å². The molecular weight excluding hydrogens is 520 g/mol. The first-order valence-electron chi connectivity index (χ1n) is 13.7. The molecule has 0 N–H and O–H groups in total. The smallest absolute Gasteiger partial charge is 0.235 e. The number of benzene rings is 3. The molecule has 0 unspecified atom stereocenters. The quantitative estimate of drug-likeness (QED) is 0.234. The summed E-state index contributed by atoms with van der Waals surface area (Å²) in [6.45, 7) is 4.85. The molecule has 1 aliphatic heterocycles. The van der Waals surface area contributed by atoms with Crippen molar-refractivity contribution in [2.45, 2.75) is 6.42 Å². The Balaban J connectivity index is 1.12. The second kappa shape index (κ2) is 11.9. The van der Waals surface area contributed by atoms with E-state index in [1.807, 2.05) is 48.7 Å². The molecule has 0 atom stereocenters. The highest BCUT2D eigenvalue weighted by Gasteiger charge is 2.21. The van der Waals surface area contributed by atoms with Crippen molar-refractivity contribution in [3.05, 3.63) is 83.2 Å². The maximum atomic E-state index is 13.5. The van der Waals surface area contributed by atoms with Crippen LogP contribution in [0.2, 0.25) is 0 Å². The predicted molar refractivity (Wildman–Crippen MR) is 159 cm³/mol. The summed E-state index contributed by atoms with van der Waals surface area (Å²) in [7, 11) is 3.16. The van der Waals surface area contributed by atoms with Crippen molar-refractivity contribution in [2.75, 3.05) is 58.5 Å². The molecule has 41 heavy (non-hydrogen) atoms. The molecule has 210 valence electrons. The average molecular weight is 553 g/mol. The van der Waals surface area contributed by atoms with Crippen molar-refractivity contribution in [2.24, 2.45) is 0 Å². The zero-order valence-corrected chi connectivity index (χ0v) is 23.2. The Labute approximate surface area is 237 Å². The molecule has 6 rings (SSSR count). The summed E-state index contributed by atoms with van der Waals surface area (Å²) >= 11 is 0. The predicted octanol–water partition coefficient (Wildman–Crippen LogP) is 5.01. The summed E-state index contributed by atoms with van der Waals surface area (Å²) in [5, 5.41) is 0.486. The molecule has 3 aromatic carbocycles. The minimum Gasteiger partial charge on any atom is -0.493 e. The molecule has 1 fully saturated rings. The Bertz CT molecular complexity index is 1730. The van der Waals surface area contributed by atoms with Crippen LogP contribution in [-0.4, -0.2) is 68.4 Å². The van der Waals surface area contributed by atoms with Crippen LogP contribution in [0.1, 0.15) is 6.42 Å². The highest BCUT2D eigenvalue weighted by Crippen LogP contribution is 2.36. The number of anilines is 1. The summed E-state index contributed by atoms with van der Waals surface area (Å²) in [4.78, 5) is 27.5. The topological polar surface area (TPSA) is 90.2 Å². The Morgan fingerprint density at radius 1 is 0.878 bits per heavy atom. The van der Waals surface area contributed by atoms with Crippen LogP contribution in [-0.2, 0) is 0 Å². The van der Waals surface area contributed by atoms with Crippen molar-refractivity contribution < 1.29 is 18.6 Å². The Morgan fingerprint density at radius 2 is 1.63 bits per heavy atom.